The van der Waals surface area contributed by atoms with Gasteiger partial charge in [0.15, 0.2) is 0 Å². The Balaban J connectivity index is 2.46. The molecular formula is C18H32N4. The fourth-order valence-electron chi connectivity index (χ4n) is 2.28. The van der Waals surface area contributed by atoms with Crippen molar-refractivity contribution in [1.29, 1.82) is 0 Å². The molecule has 1 rings (SSSR count). The van der Waals surface area contributed by atoms with Gasteiger partial charge in [0.1, 0.15) is 0 Å². The summed E-state index contributed by atoms with van der Waals surface area (Å²) in [5, 5.41) is 10.2. The van der Waals surface area contributed by atoms with Crippen molar-refractivity contribution >= 4 is 0 Å². The van der Waals surface area contributed by atoms with Crippen molar-refractivity contribution in [2.45, 2.75) is 33.1 Å². The SMILES string of the molecule is C=C(C)/C=C\C(=C/N/C=C(\N)CC)CNCC1CCCNC1. The lowest BCUT2D eigenvalue weighted by atomic mass is 10.00. The smallest absolute Gasteiger partial charge is 0.0240 e. The Labute approximate surface area is 135 Å². The van der Waals surface area contributed by atoms with E-state index in [0.29, 0.717) is 0 Å². The van der Waals surface area contributed by atoms with Gasteiger partial charge in [0.05, 0.1) is 0 Å². The molecule has 124 valence electrons. The van der Waals surface area contributed by atoms with Gasteiger partial charge in [0.2, 0.25) is 0 Å². The van der Waals surface area contributed by atoms with Gasteiger partial charge in [-0.2, -0.15) is 0 Å². The molecule has 22 heavy (non-hydrogen) atoms. The maximum atomic E-state index is 5.79. The highest BCUT2D eigenvalue weighted by atomic mass is 14.9. The second-order valence-electron chi connectivity index (χ2n) is 5.98. The monoisotopic (exact) mass is 304 g/mol. The van der Waals surface area contributed by atoms with E-state index in [1.54, 1.807) is 0 Å². The van der Waals surface area contributed by atoms with Gasteiger partial charge in [0.25, 0.3) is 0 Å². The van der Waals surface area contributed by atoms with E-state index in [9.17, 15) is 0 Å². The predicted molar refractivity (Wildman–Crippen MR) is 96.2 cm³/mol. The van der Waals surface area contributed by atoms with Crippen molar-refractivity contribution in [3.8, 4) is 0 Å². The van der Waals surface area contributed by atoms with Gasteiger partial charge >= 0.3 is 0 Å². The first-order chi connectivity index (χ1) is 10.6. The summed E-state index contributed by atoms with van der Waals surface area (Å²) >= 11 is 0. The van der Waals surface area contributed by atoms with Crippen LogP contribution in [0.2, 0.25) is 0 Å². The highest BCUT2D eigenvalue weighted by Crippen LogP contribution is 2.08. The Hall–Kier alpha value is -1.52. The largest absolute Gasteiger partial charge is 0.401 e. The van der Waals surface area contributed by atoms with Crippen molar-refractivity contribution in [2.75, 3.05) is 26.2 Å². The zero-order valence-electron chi connectivity index (χ0n) is 14.1. The Morgan fingerprint density at radius 1 is 1.36 bits per heavy atom. The van der Waals surface area contributed by atoms with E-state index in [4.69, 9.17) is 5.73 Å². The summed E-state index contributed by atoms with van der Waals surface area (Å²) in [5.74, 6) is 0.740. The molecule has 1 aliphatic heterocycles. The molecule has 1 fully saturated rings. The summed E-state index contributed by atoms with van der Waals surface area (Å²) in [7, 11) is 0. The van der Waals surface area contributed by atoms with Crippen LogP contribution in [0.3, 0.4) is 0 Å². The average molecular weight is 304 g/mol. The quantitative estimate of drug-likeness (QED) is 0.494. The lowest BCUT2D eigenvalue weighted by molar-refractivity contribution is 0.364. The lowest BCUT2D eigenvalue weighted by Gasteiger charge is -2.23. The molecule has 0 spiro atoms. The molecule has 1 atom stereocenters. The van der Waals surface area contributed by atoms with Crippen LogP contribution >= 0.6 is 0 Å². The zero-order chi connectivity index (χ0) is 16.2. The van der Waals surface area contributed by atoms with Crippen LogP contribution < -0.4 is 21.7 Å². The summed E-state index contributed by atoms with van der Waals surface area (Å²) in [6, 6.07) is 0. The molecule has 4 nitrogen and oxygen atoms in total. The molecule has 1 unspecified atom stereocenters. The topological polar surface area (TPSA) is 62.1 Å². The molecule has 0 aromatic carbocycles. The van der Waals surface area contributed by atoms with Gasteiger partial charge in [-0.1, -0.05) is 31.2 Å². The maximum absolute atomic E-state index is 5.79. The first kappa shape index (κ1) is 18.5. The molecule has 0 saturated carbocycles. The first-order valence-corrected chi connectivity index (χ1v) is 8.26. The van der Waals surface area contributed by atoms with Crippen LogP contribution in [-0.4, -0.2) is 26.2 Å². The molecule has 5 N–H and O–H groups in total. The number of nitrogens with one attached hydrogen (secondary N) is 3. The molecule has 1 heterocycles. The molecular weight excluding hydrogens is 272 g/mol. The summed E-state index contributed by atoms with van der Waals surface area (Å²) in [6.07, 6.45) is 11.4. The number of piperidine rings is 1. The van der Waals surface area contributed by atoms with Gasteiger partial charge in [-0.25, -0.2) is 0 Å². The molecule has 4 heteroatoms. The Kier molecular flexibility index (Phi) is 9.35. The fourth-order valence-corrected chi connectivity index (χ4v) is 2.28. The van der Waals surface area contributed by atoms with E-state index >= 15 is 0 Å². The number of allylic oxidation sites excluding steroid dienone is 3. The number of rotatable bonds is 9. The normalized spacial score (nSPS) is 20.4. The Bertz CT molecular complexity index is 415. The Morgan fingerprint density at radius 3 is 2.82 bits per heavy atom. The maximum Gasteiger partial charge on any atom is 0.0240 e. The van der Waals surface area contributed by atoms with E-state index < -0.39 is 0 Å². The molecule has 0 aromatic heterocycles. The summed E-state index contributed by atoms with van der Waals surface area (Å²) in [5.41, 5.74) is 8.88. The average Bonchev–Trinajstić information content (AvgIpc) is 2.52. The van der Waals surface area contributed by atoms with Crippen molar-refractivity contribution in [3.63, 3.8) is 0 Å². The highest BCUT2D eigenvalue weighted by Gasteiger charge is 2.11. The molecule has 0 amide bonds. The lowest BCUT2D eigenvalue weighted by Crippen LogP contribution is -2.36. The zero-order valence-corrected chi connectivity index (χ0v) is 14.1. The number of hydrogen-bond acceptors (Lipinski definition) is 4. The van der Waals surface area contributed by atoms with Crippen molar-refractivity contribution in [3.05, 3.63) is 48.0 Å². The predicted octanol–water partition coefficient (Wildman–Crippen LogP) is 2.39. The van der Waals surface area contributed by atoms with Gasteiger partial charge in [0, 0.05) is 24.6 Å². The van der Waals surface area contributed by atoms with Gasteiger partial charge in [-0.05, 0) is 57.3 Å². The number of nitrogens with two attached hydrogens (primary N) is 1. The van der Waals surface area contributed by atoms with Crippen LogP contribution in [0, 0.1) is 5.92 Å². The van der Waals surface area contributed by atoms with Crippen LogP contribution in [0.4, 0.5) is 0 Å². The van der Waals surface area contributed by atoms with Crippen LogP contribution in [0.25, 0.3) is 0 Å². The summed E-state index contributed by atoms with van der Waals surface area (Å²) < 4.78 is 0. The van der Waals surface area contributed by atoms with E-state index in [1.165, 1.54) is 18.4 Å². The Morgan fingerprint density at radius 2 is 2.18 bits per heavy atom. The molecule has 0 aliphatic carbocycles. The van der Waals surface area contributed by atoms with Crippen LogP contribution in [-0.2, 0) is 0 Å². The van der Waals surface area contributed by atoms with Gasteiger partial charge < -0.3 is 21.7 Å². The van der Waals surface area contributed by atoms with Crippen LogP contribution in [0.5, 0.6) is 0 Å². The molecule has 0 radical (unpaired) electrons. The first-order valence-electron chi connectivity index (χ1n) is 8.26. The summed E-state index contributed by atoms with van der Waals surface area (Å²) in [4.78, 5) is 0. The minimum Gasteiger partial charge on any atom is -0.401 e. The van der Waals surface area contributed by atoms with Crippen molar-refractivity contribution in [2.24, 2.45) is 11.7 Å². The van der Waals surface area contributed by atoms with E-state index in [2.05, 4.69) is 28.6 Å². The fraction of sp³-hybridized carbons (Fsp3) is 0.556. The van der Waals surface area contributed by atoms with Crippen LogP contribution in [0.15, 0.2) is 48.0 Å². The minimum atomic E-state index is 0.740. The molecule has 0 aromatic rings. The third kappa shape index (κ3) is 8.70. The number of hydrogen-bond donors (Lipinski definition) is 4. The standard InChI is InChI=1S/C18H32N4/c1-4-18(19)14-22-13-17(8-7-15(2)3)12-21-11-16-6-5-9-20-10-16/h7-8,13-14,16,20-22H,2,4-6,9-12,19H2,1,3H3/b8-7-,17-13+,18-14-. The highest BCUT2D eigenvalue weighted by molar-refractivity contribution is 5.26. The molecule has 1 saturated heterocycles. The summed E-state index contributed by atoms with van der Waals surface area (Å²) in [6.45, 7) is 12.1. The van der Waals surface area contributed by atoms with Gasteiger partial charge in [-0.3, -0.25) is 0 Å². The third-order valence-electron chi connectivity index (χ3n) is 3.69. The second kappa shape index (κ2) is 11.1. The van der Waals surface area contributed by atoms with E-state index in [-0.39, 0.29) is 0 Å². The van der Waals surface area contributed by atoms with E-state index in [1.807, 2.05) is 32.3 Å². The van der Waals surface area contributed by atoms with Gasteiger partial charge in [-0.15, -0.1) is 0 Å². The molecule has 0 bridgehead atoms. The van der Waals surface area contributed by atoms with Crippen molar-refractivity contribution < 1.29 is 0 Å². The molecule has 1 aliphatic rings. The minimum absolute atomic E-state index is 0.740. The van der Waals surface area contributed by atoms with Crippen LogP contribution in [0.1, 0.15) is 33.1 Å². The second-order valence-corrected chi connectivity index (χ2v) is 5.98. The van der Waals surface area contributed by atoms with Crippen molar-refractivity contribution in [1.82, 2.24) is 16.0 Å². The van der Waals surface area contributed by atoms with E-state index in [0.717, 1.165) is 49.8 Å². The third-order valence-corrected chi connectivity index (χ3v) is 3.69.